The van der Waals surface area contributed by atoms with E-state index >= 15 is 0 Å². The molecule has 0 aliphatic carbocycles. The molecule has 0 unspecified atom stereocenters. The van der Waals surface area contributed by atoms with E-state index in [2.05, 4.69) is 6.58 Å². The number of hydrogen-bond donors (Lipinski definition) is 0. The van der Waals surface area contributed by atoms with Crippen LogP contribution in [-0.2, 0) is 5.75 Å². The Kier molecular flexibility index (Phi) is 5.49. The van der Waals surface area contributed by atoms with Gasteiger partial charge in [-0.1, -0.05) is 59.9 Å². The van der Waals surface area contributed by atoms with Crippen molar-refractivity contribution in [1.82, 2.24) is 0 Å². The molecule has 0 aliphatic rings. The maximum Gasteiger partial charge on any atom is 0.246 e. The molecule has 0 amide bonds. The molecule has 0 N–H and O–H groups in total. The quantitative estimate of drug-likeness (QED) is 0.721. The van der Waals surface area contributed by atoms with E-state index in [1.165, 1.54) is 29.1 Å². The lowest BCUT2D eigenvalue weighted by Gasteiger charge is -1.98. The van der Waals surface area contributed by atoms with Crippen LogP contribution in [0.4, 0.5) is 4.79 Å². The van der Waals surface area contributed by atoms with Gasteiger partial charge in [0, 0.05) is 11.5 Å². The minimum Gasteiger partial charge on any atom is -0.274 e. The summed E-state index contributed by atoms with van der Waals surface area (Å²) in [7, 11) is 0. The van der Waals surface area contributed by atoms with Crippen LogP contribution in [0.2, 0.25) is 0 Å². The van der Waals surface area contributed by atoms with E-state index in [0.29, 0.717) is 5.75 Å². The van der Waals surface area contributed by atoms with Crippen molar-refractivity contribution in [3.8, 4) is 0 Å². The van der Waals surface area contributed by atoms with Crippen LogP contribution in [-0.4, -0.2) is 10.2 Å². The van der Waals surface area contributed by atoms with Crippen molar-refractivity contribution in [3.63, 3.8) is 0 Å². The smallest absolute Gasteiger partial charge is 0.246 e. The summed E-state index contributed by atoms with van der Waals surface area (Å²) in [6.07, 6.45) is 1.74. The maximum absolute atomic E-state index is 11.3. The maximum atomic E-state index is 11.3. The molecule has 14 heavy (non-hydrogen) atoms. The predicted octanol–water partition coefficient (Wildman–Crippen LogP) is 3.96. The van der Waals surface area contributed by atoms with Crippen molar-refractivity contribution >= 4 is 28.0 Å². The third kappa shape index (κ3) is 4.53. The van der Waals surface area contributed by atoms with Crippen molar-refractivity contribution in [2.24, 2.45) is 0 Å². The van der Waals surface area contributed by atoms with Gasteiger partial charge in [0.2, 0.25) is 4.45 Å². The fraction of sp³-hybridized carbons (Fsp3) is 0.182. The lowest BCUT2D eigenvalue weighted by molar-refractivity contribution is 0.276. The van der Waals surface area contributed by atoms with Gasteiger partial charge in [0.1, 0.15) is 0 Å². The molecule has 0 bridgehead atoms. The van der Waals surface area contributed by atoms with Crippen LogP contribution < -0.4 is 0 Å². The van der Waals surface area contributed by atoms with Gasteiger partial charge in [-0.2, -0.15) is 0 Å². The van der Waals surface area contributed by atoms with Gasteiger partial charge in [-0.25, -0.2) is 0 Å². The number of carbonyl (C=O) groups excluding carboxylic acids is 1. The zero-order chi connectivity index (χ0) is 10.2. The molecule has 0 spiro atoms. The highest BCUT2D eigenvalue weighted by Crippen LogP contribution is 2.20. The van der Waals surface area contributed by atoms with Crippen molar-refractivity contribution in [2.75, 3.05) is 5.75 Å². The van der Waals surface area contributed by atoms with Crippen LogP contribution >= 0.6 is 23.5 Å². The SMILES string of the molecule is C=CCSC(=O)SCc1ccccc1. The second-order valence-electron chi connectivity index (χ2n) is 2.62. The molecule has 1 rings (SSSR count). The zero-order valence-electron chi connectivity index (χ0n) is 7.81. The molecular formula is C11H12OS2. The topological polar surface area (TPSA) is 17.1 Å². The zero-order valence-corrected chi connectivity index (χ0v) is 9.44. The molecule has 0 atom stereocenters. The first-order valence-electron chi connectivity index (χ1n) is 4.27. The second-order valence-corrected chi connectivity index (χ2v) is 4.82. The normalized spacial score (nSPS) is 9.71. The first kappa shape index (κ1) is 11.4. The Bertz CT molecular complexity index is 295. The largest absolute Gasteiger partial charge is 0.274 e. The van der Waals surface area contributed by atoms with E-state index < -0.39 is 0 Å². The molecule has 0 fully saturated rings. The van der Waals surface area contributed by atoms with Gasteiger partial charge in [-0.15, -0.1) is 6.58 Å². The Hall–Kier alpha value is -0.670. The highest BCUT2D eigenvalue weighted by Gasteiger charge is 2.01. The lowest BCUT2D eigenvalue weighted by atomic mass is 10.2. The summed E-state index contributed by atoms with van der Waals surface area (Å²) in [5.41, 5.74) is 1.19. The molecule has 0 heterocycles. The van der Waals surface area contributed by atoms with Crippen LogP contribution in [0.3, 0.4) is 0 Å². The van der Waals surface area contributed by atoms with Crippen LogP contribution in [0.5, 0.6) is 0 Å². The summed E-state index contributed by atoms with van der Waals surface area (Å²) in [6, 6.07) is 9.99. The highest BCUT2D eigenvalue weighted by atomic mass is 32.2. The van der Waals surface area contributed by atoms with Crippen LogP contribution in [0.15, 0.2) is 43.0 Å². The van der Waals surface area contributed by atoms with Crippen molar-refractivity contribution in [3.05, 3.63) is 48.6 Å². The first-order chi connectivity index (χ1) is 6.83. The highest BCUT2D eigenvalue weighted by molar-refractivity contribution is 8.38. The average molecular weight is 224 g/mol. The second kappa shape index (κ2) is 6.74. The van der Waals surface area contributed by atoms with E-state index in [1.54, 1.807) is 6.08 Å². The molecule has 1 aromatic rings. The molecule has 74 valence electrons. The number of rotatable bonds is 4. The molecule has 1 nitrogen and oxygen atoms in total. The number of benzene rings is 1. The first-order valence-corrected chi connectivity index (χ1v) is 6.24. The van der Waals surface area contributed by atoms with E-state index in [1.807, 2.05) is 30.3 Å². The Morgan fingerprint density at radius 3 is 2.64 bits per heavy atom. The summed E-state index contributed by atoms with van der Waals surface area (Å²) >= 11 is 2.65. The molecular weight excluding hydrogens is 212 g/mol. The monoisotopic (exact) mass is 224 g/mol. The van der Waals surface area contributed by atoms with Gasteiger partial charge in [-0.3, -0.25) is 4.79 Å². The van der Waals surface area contributed by atoms with E-state index in [0.717, 1.165) is 5.75 Å². The van der Waals surface area contributed by atoms with Gasteiger partial charge in [-0.05, 0) is 5.56 Å². The van der Waals surface area contributed by atoms with Gasteiger partial charge >= 0.3 is 0 Å². The third-order valence-corrected chi connectivity index (χ3v) is 3.58. The average Bonchev–Trinajstić information content (AvgIpc) is 2.25. The number of hydrogen-bond acceptors (Lipinski definition) is 3. The lowest BCUT2D eigenvalue weighted by Crippen LogP contribution is -1.85. The summed E-state index contributed by atoms with van der Waals surface area (Å²) in [6.45, 7) is 3.57. The number of carbonyl (C=O) groups is 1. The Morgan fingerprint density at radius 2 is 2.00 bits per heavy atom. The van der Waals surface area contributed by atoms with Crippen molar-refractivity contribution in [2.45, 2.75) is 5.75 Å². The summed E-state index contributed by atoms with van der Waals surface area (Å²) in [5, 5.41) is 0. The predicted molar refractivity (Wildman–Crippen MR) is 65.8 cm³/mol. The van der Waals surface area contributed by atoms with Gasteiger partial charge in [0.25, 0.3) is 0 Å². The standard InChI is InChI=1S/C11H12OS2/c1-2-8-13-11(12)14-9-10-6-4-3-5-7-10/h2-7H,1,8-9H2. The molecule has 0 radical (unpaired) electrons. The van der Waals surface area contributed by atoms with Gasteiger partial charge in [0.15, 0.2) is 0 Å². The van der Waals surface area contributed by atoms with Crippen molar-refractivity contribution in [1.29, 1.82) is 0 Å². The Labute approximate surface area is 93.0 Å². The molecule has 3 heteroatoms. The van der Waals surface area contributed by atoms with Gasteiger partial charge < -0.3 is 0 Å². The van der Waals surface area contributed by atoms with E-state index in [4.69, 9.17) is 0 Å². The third-order valence-electron chi connectivity index (χ3n) is 1.52. The molecule has 0 aliphatic heterocycles. The van der Waals surface area contributed by atoms with Crippen LogP contribution in [0.1, 0.15) is 5.56 Å². The van der Waals surface area contributed by atoms with Crippen LogP contribution in [0.25, 0.3) is 0 Å². The Balaban J connectivity index is 2.27. The Morgan fingerprint density at radius 1 is 1.29 bits per heavy atom. The minimum atomic E-state index is 0.161. The molecule has 0 saturated carbocycles. The summed E-state index contributed by atoms with van der Waals surface area (Å²) in [5.74, 6) is 1.45. The molecule has 0 aromatic heterocycles. The summed E-state index contributed by atoms with van der Waals surface area (Å²) < 4.78 is 0.161. The van der Waals surface area contributed by atoms with E-state index in [9.17, 15) is 4.79 Å². The number of thioether (sulfide) groups is 2. The van der Waals surface area contributed by atoms with Gasteiger partial charge in [0.05, 0.1) is 0 Å². The summed E-state index contributed by atoms with van der Waals surface area (Å²) in [4.78, 5) is 11.3. The van der Waals surface area contributed by atoms with E-state index in [-0.39, 0.29) is 4.45 Å². The fourth-order valence-electron chi connectivity index (χ4n) is 0.885. The fourth-order valence-corrected chi connectivity index (χ4v) is 2.33. The molecule has 1 aromatic carbocycles. The minimum absolute atomic E-state index is 0.161. The molecule has 0 saturated heterocycles. The van der Waals surface area contributed by atoms with Crippen molar-refractivity contribution < 1.29 is 4.79 Å². The van der Waals surface area contributed by atoms with Crippen LogP contribution in [0, 0.1) is 0 Å².